The molecule has 0 radical (unpaired) electrons. The predicted molar refractivity (Wildman–Crippen MR) is 62.0 cm³/mol. The van der Waals surface area contributed by atoms with Gasteiger partial charge in [-0.2, -0.15) is 0 Å². The van der Waals surface area contributed by atoms with Gasteiger partial charge >= 0.3 is 0 Å². The lowest BCUT2D eigenvalue weighted by Crippen LogP contribution is -1.98. The van der Waals surface area contributed by atoms with E-state index < -0.39 is 4.92 Å². The summed E-state index contributed by atoms with van der Waals surface area (Å²) in [6, 6.07) is 4.33. The molecule has 82 valence electrons. The molecular weight excluding hydrogens is 285 g/mol. The molecule has 1 rings (SSSR count). The molecule has 0 spiro atoms. The zero-order chi connectivity index (χ0) is 11.3. The van der Waals surface area contributed by atoms with E-state index in [1.54, 1.807) is 0 Å². The Bertz CT molecular complexity index is 359. The average Bonchev–Trinajstić information content (AvgIpc) is 2.17. The van der Waals surface area contributed by atoms with Crippen molar-refractivity contribution < 1.29 is 9.66 Å². The van der Waals surface area contributed by atoms with Crippen molar-refractivity contribution >= 4 is 33.2 Å². The molecule has 0 aliphatic rings. The number of hydrogen-bond acceptors (Lipinski definition) is 3. The van der Waals surface area contributed by atoms with Gasteiger partial charge in [-0.15, -0.1) is 0 Å². The van der Waals surface area contributed by atoms with E-state index in [0.29, 0.717) is 12.4 Å². The normalized spacial score (nSPS) is 10.0. The molecule has 0 aromatic heterocycles. The molecule has 0 atom stereocenters. The van der Waals surface area contributed by atoms with Crippen LogP contribution in [0.4, 0.5) is 5.69 Å². The maximum atomic E-state index is 10.5. The molecule has 0 unspecified atom stereocenters. The highest BCUT2D eigenvalue weighted by Gasteiger charge is 2.12. The van der Waals surface area contributed by atoms with Crippen LogP contribution < -0.4 is 4.74 Å². The lowest BCUT2D eigenvalue weighted by molar-refractivity contribution is -0.384. The number of benzene rings is 1. The van der Waals surface area contributed by atoms with Crippen LogP contribution in [0.3, 0.4) is 0 Å². The van der Waals surface area contributed by atoms with Gasteiger partial charge in [0, 0.05) is 17.5 Å². The third-order valence-corrected chi connectivity index (χ3v) is 2.53. The van der Waals surface area contributed by atoms with Gasteiger partial charge in [-0.3, -0.25) is 10.1 Å². The SMILES string of the molecule is O=[N+]([O-])c1ccc(OCCCBr)cc1Cl. The first kappa shape index (κ1) is 12.3. The quantitative estimate of drug-likeness (QED) is 0.362. The molecule has 0 bridgehead atoms. The van der Waals surface area contributed by atoms with Crippen LogP contribution >= 0.6 is 27.5 Å². The number of alkyl halides is 1. The summed E-state index contributed by atoms with van der Waals surface area (Å²) >= 11 is 8.98. The van der Waals surface area contributed by atoms with E-state index in [1.165, 1.54) is 18.2 Å². The molecule has 1 aromatic carbocycles. The summed E-state index contributed by atoms with van der Waals surface area (Å²) in [6.07, 6.45) is 0.870. The van der Waals surface area contributed by atoms with Gasteiger partial charge in [-0.25, -0.2) is 0 Å². The fraction of sp³-hybridized carbons (Fsp3) is 0.333. The van der Waals surface area contributed by atoms with Gasteiger partial charge in [0.05, 0.1) is 11.5 Å². The highest BCUT2D eigenvalue weighted by atomic mass is 79.9. The summed E-state index contributed by atoms with van der Waals surface area (Å²) in [7, 11) is 0. The summed E-state index contributed by atoms with van der Waals surface area (Å²) in [5.74, 6) is 0.548. The van der Waals surface area contributed by atoms with Crippen LogP contribution in [0.15, 0.2) is 18.2 Å². The molecule has 0 heterocycles. The van der Waals surface area contributed by atoms with Gasteiger partial charge in [0.15, 0.2) is 0 Å². The number of ether oxygens (including phenoxy) is 1. The third kappa shape index (κ3) is 3.68. The second kappa shape index (κ2) is 5.92. The van der Waals surface area contributed by atoms with Crippen LogP contribution in [0, 0.1) is 10.1 Å². The second-order valence-corrected chi connectivity index (χ2v) is 3.96. The van der Waals surface area contributed by atoms with E-state index in [1.807, 2.05) is 0 Å². The number of nitro groups is 1. The summed E-state index contributed by atoms with van der Waals surface area (Å²) in [6.45, 7) is 0.555. The maximum Gasteiger partial charge on any atom is 0.288 e. The summed E-state index contributed by atoms with van der Waals surface area (Å²) in [5, 5.41) is 11.4. The standard InChI is InChI=1S/C9H9BrClNO3/c10-4-1-5-15-7-2-3-9(12(13)14)8(11)6-7/h2-3,6H,1,4-5H2. The molecule has 0 amide bonds. The van der Waals surface area contributed by atoms with E-state index in [9.17, 15) is 10.1 Å². The van der Waals surface area contributed by atoms with Gasteiger partial charge < -0.3 is 4.74 Å². The Labute approximate surface area is 100 Å². The molecule has 0 saturated heterocycles. The molecule has 0 N–H and O–H groups in total. The van der Waals surface area contributed by atoms with Crippen molar-refractivity contribution in [1.82, 2.24) is 0 Å². The Hall–Kier alpha value is -0.810. The third-order valence-electron chi connectivity index (χ3n) is 1.66. The van der Waals surface area contributed by atoms with E-state index in [0.717, 1.165) is 11.8 Å². The summed E-state index contributed by atoms with van der Waals surface area (Å²) in [5.41, 5.74) is -0.107. The van der Waals surface area contributed by atoms with Gasteiger partial charge in [0.1, 0.15) is 10.8 Å². The average molecular weight is 295 g/mol. The zero-order valence-electron chi connectivity index (χ0n) is 7.78. The smallest absolute Gasteiger partial charge is 0.288 e. The molecule has 6 heteroatoms. The van der Waals surface area contributed by atoms with Crippen LogP contribution in [-0.4, -0.2) is 16.9 Å². The number of nitro benzene ring substituents is 1. The Morgan fingerprint density at radius 2 is 2.27 bits per heavy atom. The molecule has 0 fully saturated rings. The topological polar surface area (TPSA) is 52.4 Å². The maximum absolute atomic E-state index is 10.5. The minimum atomic E-state index is -0.523. The molecule has 0 aliphatic carbocycles. The van der Waals surface area contributed by atoms with Crippen LogP contribution in [0.25, 0.3) is 0 Å². The van der Waals surface area contributed by atoms with Crippen molar-refractivity contribution in [2.24, 2.45) is 0 Å². The van der Waals surface area contributed by atoms with E-state index in [-0.39, 0.29) is 10.7 Å². The van der Waals surface area contributed by atoms with E-state index >= 15 is 0 Å². The van der Waals surface area contributed by atoms with Crippen molar-refractivity contribution in [3.63, 3.8) is 0 Å². The minimum Gasteiger partial charge on any atom is -0.494 e. The highest BCUT2D eigenvalue weighted by Crippen LogP contribution is 2.28. The van der Waals surface area contributed by atoms with Crippen molar-refractivity contribution in [2.75, 3.05) is 11.9 Å². The van der Waals surface area contributed by atoms with Gasteiger partial charge in [-0.05, 0) is 12.5 Å². The van der Waals surface area contributed by atoms with Crippen molar-refractivity contribution in [3.8, 4) is 5.75 Å². The van der Waals surface area contributed by atoms with Crippen LogP contribution in [0.2, 0.25) is 5.02 Å². The largest absolute Gasteiger partial charge is 0.494 e. The molecule has 0 saturated carbocycles. The lowest BCUT2D eigenvalue weighted by Gasteiger charge is -2.04. The van der Waals surface area contributed by atoms with Gasteiger partial charge in [-0.1, -0.05) is 27.5 Å². The van der Waals surface area contributed by atoms with Crippen LogP contribution in [0.5, 0.6) is 5.75 Å². The molecular formula is C9H9BrClNO3. The van der Waals surface area contributed by atoms with Gasteiger partial charge in [0.2, 0.25) is 0 Å². The number of hydrogen-bond donors (Lipinski definition) is 0. The predicted octanol–water partition coefficient (Wildman–Crippen LogP) is 3.41. The molecule has 4 nitrogen and oxygen atoms in total. The number of nitrogens with zero attached hydrogens (tertiary/aromatic N) is 1. The second-order valence-electron chi connectivity index (χ2n) is 2.76. The first-order chi connectivity index (χ1) is 7.15. The lowest BCUT2D eigenvalue weighted by atomic mass is 10.3. The molecule has 15 heavy (non-hydrogen) atoms. The Morgan fingerprint density at radius 1 is 1.53 bits per heavy atom. The molecule has 1 aromatic rings. The Morgan fingerprint density at radius 3 is 2.80 bits per heavy atom. The van der Waals surface area contributed by atoms with E-state index in [4.69, 9.17) is 16.3 Å². The van der Waals surface area contributed by atoms with Crippen LogP contribution in [0.1, 0.15) is 6.42 Å². The van der Waals surface area contributed by atoms with Gasteiger partial charge in [0.25, 0.3) is 5.69 Å². The van der Waals surface area contributed by atoms with Crippen LogP contribution in [-0.2, 0) is 0 Å². The minimum absolute atomic E-state index is 0.0938. The fourth-order valence-corrected chi connectivity index (χ4v) is 1.44. The number of rotatable bonds is 5. The first-order valence-corrected chi connectivity index (χ1v) is 5.78. The highest BCUT2D eigenvalue weighted by molar-refractivity contribution is 9.09. The Balaban J connectivity index is 2.69. The number of halogens is 2. The summed E-state index contributed by atoms with van der Waals surface area (Å²) in [4.78, 5) is 9.94. The zero-order valence-corrected chi connectivity index (χ0v) is 10.1. The fourth-order valence-electron chi connectivity index (χ4n) is 0.970. The monoisotopic (exact) mass is 293 g/mol. The summed E-state index contributed by atoms with van der Waals surface area (Å²) < 4.78 is 5.32. The van der Waals surface area contributed by atoms with Crippen molar-refractivity contribution in [1.29, 1.82) is 0 Å². The molecule has 0 aliphatic heterocycles. The first-order valence-electron chi connectivity index (χ1n) is 4.28. The van der Waals surface area contributed by atoms with E-state index in [2.05, 4.69) is 15.9 Å². The van der Waals surface area contributed by atoms with Crippen molar-refractivity contribution in [3.05, 3.63) is 33.3 Å². The van der Waals surface area contributed by atoms with Crippen molar-refractivity contribution in [2.45, 2.75) is 6.42 Å². The Kier molecular flexibility index (Phi) is 4.84.